The first-order chi connectivity index (χ1) is 9.11. The third-order valence-corrected chi connectivity index (χ3v) is 4.30. The molecule has 1 N–H and O–H groups in total. The fourth-order valence-electron chi connectivity index (χ4n) is 1.63. The van der Waals surface area contributed by atoms with Crippen molar-refractivity contribution in [3.8, 4) is 10.6 Å². The SMILES string of the molecule is CCCNC(C)c1nnc(-c2cc(Br)ccc2F)s1. The van der Waals surface area contributed by atoms with Gasteiger partial charge in [-0.05, 0) is 38.1 Å². The maximum Gasteiger partial charge on any atom is 0.150 e. The molecule has 0 amide bonds. The van der Waals surface area contributed by atoms with Crippen LogP contribution < -0.4 is 5.32 Å². The standard InChI is InChI=1S/C13H15BrFN3S/c1-3-6-16-8(2)12-17-18-13(19-12)10-7-9(14)4-5-11(10)15/h4-5,7-8,16H,3,6H2,1-2H3. The van der Waals surface area contributed by atoms with Crippen LogP contribution in [0.5, 0.6) is 0 Å². The zero-order chi connectivity index (χ0) is 13.8. The van der Waals surface area contributed by atoms with Gasteiger partial charge >= 0.3 is 0 Å². The molecule has 1 atom stereocenters. The Kier molecular flexibility index (Phi) is 5.01. The Morgan fingerprint density at radius 1 is 1.42 bits per heavy atom. The molecule has 19 heavy (non-hydrogen) atoms. The minimum atomic E-state index is -0.278. The lowest BCUT2D eigenvalue weighted by atomic mass is 10.2. The van der Waals surface area contributed by atoms with Crippen molar-refractivity contribution in [1.82, 2.24) is 15.5 Å². The van der Waals surface area contributed by atoms with Crippen molar-refractivity contribution >= 4 is 27.3 Å². The number of aromatic nitrogens is 2. The number of halogens is 2. The Hall–Kier alpha value is -0.850. The van der Waals surface area contributed by atoms with Gasteiger partial charge in [0, 0.05) is 10.0 Å². The van der Waals surface area contributed by atoms with Gasteiger partial charge in [-0.1, -0.05) is 34.2 Å². The summed E-state index contributed by atoms with van der Waals surface area (Å²) in [5.74, 6) is -0.278. The van der Waals surface area contributed by atoms with Crippen molar-refractivity contribution in [3.63, 3.8) is 0 Å². The van der Waals surface area contributed by atoms with Gasteiger partial charge in [0.25, 0.3) is 0 Å². The monoisotopic (exact) mass is 343 g/mol. The molecule has 0 fully saturated rings. The number of hydrogen-bond donors (Lipinski definition) is 1. The molecule has 1 heterocycles. The zero-order valence-electron chi connectivity index (χ0n) is 10.8. The highest BCUT2D eigenvalue weighted by Gasteiger charge is 2.15. The molecule has 1 aromatic heterocycles. The fraction of sp³-hybridized carbons (Fsp3) is 0.385. The van der Waals surface area contributed by atoms with Crippen LogP contribution in [0.3, 0.4) is 0 Å². The molecule has 0 aliphatic heterocycles. The molecule has 0 bridgehead atoms. The van der Waals surface area contributed by atoms with Crippen LogP contribution in [0.4, 0.5) is 4.39 Å². The van der Waals surface area contributed by atoms with Gasteiger partial charge in [-0.3, -0.25) is 0 Å². The Labute approximate surface area is 124 Å². The van der Waals surface area contributed by atoms with Crippen LogP contribution >= 0.6 is 27.3 Å². The first kappa shape index (κ1) is 14.6. The molecular formula is C13H15BrFN3S. The normalized spacial score (nSPS) is 12.6. The van der Waals surface area contributed by atoms with E-state index in [0.29, 0.717) is 10.6 Å². The number of nitrogens with zero attached hydrogens (tertiary/aromatic N) is 2. The first-order valence-electron chi connectivity index (χ1n) is 6.14. The van der Waals surface area contributed by atoms with E-state index in [0.717, 1.165) is 22.4 Å². The average molecular weight is 344 g/mol. The second-order valence-corrected chi connectivity index (χ2v) is 6.17. The van der Waals surface area contributed by atoms with Gasteiger partial charge in [-0.2, -0.15) is 0 Å². The van der Waals surface area contributed by atoms with E-state index in [4.69, 9.17) is 0 Å². The topological polar surface area (TPSA) is 37.8 Å². The van der Waals surface area contributed by atoms with Gasteiger partial charge in [0.2, 0.25) is 0 Å². The van der Waals surface area contributed by atoms with Gasteiger partial charge in [0.15, 0.2) is 5.01 Å². The van der Waals surface area contributed by atoms with Crippen LogP contribution in [0.1, 0.15) is 31.3 Å². The summed E-state index contributed by atoms with van der Waals surface area (Å²) in [6.07, 6.45) is 1.07. The molecule has 1 unspecified atom stereocenters. The van der Waals surface area contributed by atoms with Crippen molar-refractivity contribution in [3.05, 3.63) is 33.5 Å². The minimum absolute atomic E-state index is 0.140. The molecule has 6 heteroatoms. The summed E-state index contributed by atoms with van der Waals surface area (Å²) in [6, 6.07) is 4.97. The van der Waals surface area contributed by atoms with E-state index in [2.05, 4.69) is 38.4 Å². The quantitative estimate of drug-likeness (QED) is 0.885. The van der Waals surface area contributed by atoms with E-state index in [9.17, 15) is 4.39 Å². The Morgan fingerprint density at radius 2 is 2.21 bits per heavy atom. The van der Waals surface area contributed by atoms with Crippen LogP contribution in [0.25, 0.3) is 10.6 Å². The number of rotatable bonds is 5. The van der Waals surface area contributed by atoms with Crippen LogP contribution in [0, 0.1) is 5.82 Å². The van der Waals surface area contributed by atoms with Crippen molar-refractivity contribution < 1.29 is 4.39 Å². The molecule has 0 saturated carbocycles. The summed E-state index contributed by atoms with van der Waals surface area (Å²) in [7, 11) is 0. The smallest absolute Gasteiger partial charge is 0.150 e. The summed E-state index contributed by atoms with van der Waals surface area (Å²) in [6.45, 7) is 5.08. The van der Waals surface area contributed by atoms with E-state index in [-0.39, 0.29) is 11.9 Å². The maximum atomic E-state index is 13.8. The minimum Gasteiger partial charge on any atom is -0.308 e. The molecule has 102 valence electrons. The maximum absolute atomic E-state index is 13.8. The molecule has 2 rings (SSSR count). The lowest BCUT2D eigenvalue weighted by Gasteiger charge is -2.08. The highest BCUT2D eigenvalue weighted by atomic mass is 79.9. The van der Waals surface area contributed by atoms with Crippen LogP contribution in [0.2, 0.25) is 0 Å². The van der Waals surface area contributed by atoms with Crippen molar-refractivity contribution in [1.29, 1.82) is 0 Å². The molecule has 0 aliphatic rings. The fourth-order valence-corrected chi connectivity index (χ4v) is 2.88. The van der Waals surface area contributed by atoms with E-state index >= 15 is 0 Å². The van der Waals surface area contributed by atoms with Gasteiger partial charge in [0.1, 0.15) is 10.8 Å². The summed E-state index contributed by atoms with van der Waals surface area (Å²) >= 11 is 4.76. The predicted octanol–water partition coefficient (Wildman–Crippen LogP) is 4.17. The summed E-state index contributed by atoms with van der Waals surface area (Å²) in [4.78, 5) is 0. The Morgan fingerprint density at radius 3 is 2.95 bits per heavy atom. The van der Waals surface area contributed by atoms with E-state index in [1.165, 1.54) is 17.4 Å². The van der Waals surface area contributed by atoms with Gasteiger partial charge in [0.05, 0.1) is 6.04 Å². The van der Waals surface area contributed by atoms with Gasteiger partial charge in [-0.15, -0.1) is 10.2 Å². The van der Waals surface area contributed by atoms with Crippen molar-refractivity contribution in [2.24, 2.45) is 0 Å². The summed E-state index contributed by atoms with van der Waals surface area (Å²) < 4.78 is 14.6. The zero-order valence-corrected chi connectivity index (χ0v) is 13.2. The predicted molar refractivity (Wildman–Crippen MR) is 79.7 cm³/mol. The van der Waals surface area contributed by atoms with Gasteiger partial charge < -0.3 is 5.32 Å². The molecule has 0 aliphatic carbocycles. The summed E-state index contributed by atoms with van der Waals surface area (Å²) in [5.41, 5.74) is 0.487. The van der Waals surface area contributed by atoms with Gasteiger partial charge in [-0.25, -0.2) is 4.39 Å². The number of hydrogen-bond acceptors (Lipinski definition) is 4. The van der Waals surface area contributed by atoms with Crippen LogP contribution in [-0.4, -0.2) is 16.7 Å². The lowest BCUT2D eigenvalue weighted by Crippen LogP contribution is -2.18. The summed E-state index contributed by atoms with van der Waals surface area (Å²) in [5, 5.41) is 13.1. The van der Waals surface area contributed by atoms with E-state index in [1.807, 2.05) is 6.92 Å². The first-order valence-corrected chi connectivity index (χ1v) is 7.75. The highest BCUT2D eigenvalue weighted by molar-refractivity contribution is 9.10. The van der Waals surface area contributed by atoms with E-state index < -0.39 is 0 Å². The van der Waals surface area contributed by atoms with E-state index in [1.54, 1.807) is 12.1 Å². The molecule has 0 saturated heterocycles. The van der Waals surface area contributed by atoms with Crippen molar-refractivity contribution in [2.75, 3.05) is 6.54 Å². The Bertz CT molecular complexity index is 559. The molecule has 0 spiro atoms. The molecule has 0 radical (unpaired) electrons. The van der Waals surface area contributed by atoms with Crippen molar-refractivity contribution in [2.45, 2.75) is 26.3 Å². The highest BCUT2D eigenvalue weighted by Crippen LogP contribution is 2.30. The average Bonchev–Trinajstić information content (AvgIpc) is 2.88. The van der Waals surface area contributed by atoms with Crippen LogP contribution in [-0.2, 0) is 0 Å². The number of benzene rings is 1. The molecule has 2 aromatic rings. The Balaban J connectivity index is 2.23. The number of nitrogens with one attached hydrogen (secondary N) is 1. The third-order valence-electron chi connectivity index (χ3n) is 2.67. The largest absolute Gasteiger partial charge is 0.308 e. The molecular weight excluding hydrogens is 329 g/mol. The molecule has 3 nitrogen and oxygen atoms in total. The molecule has 1 aromatic carbocycles. The second kappa shape index (κ2) is 6.54. The lowest BCUT2D eigenvalue weighted by molar-refractivity contribution is 0.564. The third kappa shape index (κ3) is 3.58. The van der Waals surface area contributed by atoms with Crippen LogP contribution in [0.15, 0.2) is 22.7 Å². The second-order valence-electron chi connectivity index (χ2n) is 4.25.